The van der Waals surface area contributed by atoms with Crippen LogP contribution >= 0.6 is 0 Å². The molecule has 0 aromatic heterocycles. The van der Waals surface area contributed by atoms with Crippen molar-refractivity contribution in [3.05, 3.63) is 29.3 Å². The number of methoxy groups -OCH3 is 1. The van der Waals surface area contributed by atoms with Gasteiger partial charge in [0, 0.05) is 25.7 Å². The lowest BCUT2D eigenvalue weighted by molar-refractivity contribution is 0.135. The van der Waals surface area contributed by atoms with Gasteiger partial charge >= 0.3 is 0 Å². The lowest BCUT2D eigenvalue weighted by atomic mass is 10.1. The number of hydrogen-bond acceptors (Lipinski definition) is 4. The van der Waals surface area contributed by atoms with Crippen LogP contribution in [0.4, 0.5) is 0 Å². The van der Waals surface area contributed by atoms with E-state index in [2.05, 4.69) is 5.16 Å². The molecule has 1 atom stereocenters. The minimum atomic E-state index is 0.0536. The Bertz CT molecular complexity index is 416. The SMILES string of the molecule is COCCC(C)Oc1ccc(C)cc1/C(C)=N/O. The van der Waals surface area contributed by atoms with E-state index in [-0.39, 0.29) is 6.10 Å². The summed E-state index contributed by atoms with van der Waals surface area (Å²) in [7, 11) is 1.67. The smallest absolute Gasteiger partial charge is 0.128 e. The molecule has 0 spiro atoms. The number of hydrogen-bond donors (Lipinski definition) is 1. The predicted octanol–water partition coefficient (Wildman–Crippen LogP) is 3.00. The molecule has 0 saturated carbocycles. The van der Waals surface area contributed by atoms with Gasteiger partial charge in [-0.2, -0.15) is 0 Å². The number of ether oxygens (including phenoxy) is 2. The van der Waals surface area contributed by atoms with Crippen molar-refractivity contribution in [2.45, 2.75) is 33.3 Å². The molecule has 0 aliphatic carbocycles. The molecule has 1 N–H and O–H groups in total. The van der Waals surface area contributed by atoms with Gasteiger partial charge in [0.25, 0.3) is 0 Å². The van der Waals surface area contributed by atoms with Crippen molar-refractivity contribution in [2.24, 2.45) is 5.16 Å². The van der Waals surface area contributed by atoms with Crippen LogP contribution in [0.15, 0.2) is 23.4 Å². The van der Waals surface area contributed by atoms with Gasteiger partial charge in [-0.05, 0) is 32.9 Å². The first kappa shape index (κ1) is 14.5. The van der Waals surface area contributed by atoms with E-state index in [1.807, 2.05) is 32.0 Å². The Labute approximate surface area is 108 Å². The van der Waals surface area contributed by atoms with Crippen molar-refractivity contribution in [3.8, 4) is 5.75 Å². The second kappa shape index (κ2) is 7.01. The molecule has 0 radical (unpaired) electrons. The maximum Gasteiger partial charge on any atom is 0.128 e. The van der Waals surface area contributed by atoms with Crippen LogP contribution in [0, 0.1) is 6.92 Å². The summed E-state index contributed by atoms with van der Waals surface area (Å²) in [6.45, 7) is 6.40. The first-order chi connectivity index (χ1) is 8.58. The van der Waals surface area contributed by atoms with Gasteiger partial charge in [-0.1, -0.05) is 16.8 Å². The third-order valence-corrected chi connectivity index (χ3v) is 2.73. The Morgan fingerprint density at radius 2 is 2.17 bits per heavy atom. The Balaban J connectivity index is 2.87. The highest BCUT2D eigenvalue weighted by Crippen LogP contribution is 2.22. The van der Waals surface area contributed by atoms with Crippen LogP contribution in [-0.2, 0) is 4.74 Å². The summed E-state index contributed by atoms with van der Waals surface area (Å²) in [5, 5.41) is 12.1. The Morgan fingerprint density at radius 1 is 1.44 bits per heavy atom. The van der Waals surface area contributed by atoms with Crippen LogP contribution in [0.5, 0.6) is 5.75 Å². The summed E-state index contributed by atoms with van der Waals surface area (Å²) in [4.78, 5) is 0. The van der Waals surface area contributed by atoms with Crippen molar-refractivity contribution in [3.63, 3.8) is 0 Å². The summed E-state index contributed by atoms with van der Waals surface area (Å²) in [5.74, 6) is 0.736. The summed E-state index contributed by atoms with van der Waals surface area (Å²) >= 11 is 0. The first-order valence-electron chi connectivity index (χ1n) is 6.03. The van der Waals surface area contributed by atoms with Gasteiger partial charge in [0.05, 0.1) is 11.8 Å². The maximum atomic E-state index is 8.89. The molecule has 0 fully saturated rings. The molecule has 1 rings (SSSR count). The lowest BCUT2D eigenvalue weighted by Gasteiger charge is -2.17. The molecule has 0 aliphatic rings. The van der Waals surface area contributed by atoms with Crippen molar-refractivity contribution in [1.82, 2.24) is 0 Å². The highest BCUT2D eigenvalue weighted by atomic mass is 16.5. The van der Waals surface area contributed by atoms with Gasteiger partial charge in [-0.25, -0.2) is 0 Å². The molecule has 18 heavy (non-hydrogen) atoms. The van der Waals surface area contributed by atoms with E-state index in [0.29, 0.717) is 12.3 Å². The zero-order valence-corrected chi connectivity index (χ0v) is 11.4. The quantitative estimate of drug-likeness (QED) is 0.480. The van der Waals surface area contributed by atoms with Crippen molar-refractivity contribution < 1.29 is 14.7 Å². The monoisotopic (exact) mass is 251 g/mol. The number of oxime groups is 1. The van der Waals surface area contributed by atoms with Crippen LogP contribution in [0.1, 0.15) is 31.4 Å². The molecule has 1 unspecified atom stereocenters. The van der Waals surface area contributed by atoms with Crippen molar-refractivity contribution in [1.29, 1.82) is 0 Å². The van der Waals surface area contributed by atoms with Crippen LogP contribution in [0.2, 0.25) is 0 Å². The maximum absolute atomic E-state index is 8.89. The number of nitrogens with zero attached hydrogens (tertiary/aromatic N) is 1. The van der Waals surface area contributed by atoms with Gasteiger partial charge in [0.2, 0.25) is 0 Å². The Morgan fingerprint density at radius 3 is 2.78 bits per heavy atom. The third-order valence-electron chi connectivity index (χ3n) is 2.73. The van der Waals surface area contributed by atoms with E-state index in [4.69, 9.17) is 14.7 Å². The summed E-state index contributed by atoms with van der Waals surface area (Å²) in [6.07, 6.45) is 0.872. The molecule has 100 valence electrons. The van der Waals surface area contributed by atoms with Crippen LogP contribution in [-0.4, -0.2) is 30.7 Å². The van der Waals surface area contributed by atoms with E-state index in [1.54, 1.807) is 14.0 Å². The minimum absolute atomic E-state index is 0.0536. The molecule has 0 bridgehead atoms. The molecule has 0 amide bonds. The highest BCUT2D eigenvalue weighted by molar-refractivity contribution is 6.00. The van der Waals surface area contributed by atoms with E-state index in [9.17, 15) is 0 Å². The molecule has 0 aliphatic heterocycles. The van der Waals surface area contributed by atoms with E-state index in [0.717, 1.165) is 23.3 Å². The zero-order chi connectivity index (χ0) is 13.5. The largest absolute Gasteiger partial charge is 0.490 e. The van der Waals surface area contributed by atoms with E-state index < -0.39 is 0 Å². The second-order valence-electron chi connectivity index (χ2n) is 4.39. The van der Waals surface area contributed by atoms with Gasteiger partial charge < -0.3 is 14.7 Å². The standard InChI is InChI=1S/C14H21NO3/c1-10-5-6-14(13(9-10)12(3)15-16)18-11(2)7-8-17-4/h5-6,9,11,16H,7-8H2,1-4H3/b15-12+. The topological polar surface area (TPSA) is 51.0 Å². The first-order valence-corrected chi connectivity index (χ1v) is 6.03. The third kappa shape index (κ3) is 4.04. The number of benzene rings is 1. The van der Waals surface area contributed by atoms with Gasteiger partial charge in [-0.15, -0.1) is 0 Å². The molecule has 0 saturated heterocycles. The summed E-state index contributed by atoms with van der Waals surface area (Å²) < 4.78 is 10.9. The van der Waals surface area contributed by atoms with E-state index >= 15 is 0 Å². The Hall–Kier alpha value is -1.55. The van der Waals surface area contributed by atoms with Crippen LogP contribution in [0.3, 0.4) is 0 Å². The fourth-order valence-corrected chi connectivity index (χ4v) is 1.64. The molecule has 4 nitrogen and oxygen atoms in total. The van der Waals surface area contributed by atoms with Crippen LogP contribution < -0.4 is 4.74 Å². The van der Waals surface area contributed by atoms with Gasteiger partial charge in [0.1, 0.15) is 5.75 Å². The molecule has 4 heteroatoms. The highest BCUT2D eigenvalue weighted by Gasteiger charge is 2.11. The average molecular weight is 251 g/mol. The molecular formula is C14H21NO3. The predicted molar refractivity (Wildman–Crippen MR) is 71.8 cm³/mol. The van der Waals surface area contributed by atoms with Crippen molar-refractivity contribution in [2.75, 3.05) is 13.7 Å². The zero-order valence-electron chi connectivity index (χ0n) is 11.4. The number of aryl methyl sites for hydroxylation is 1. The second-order valence-corrected chi connectivity index (χ2v) is 4.39. The van der Waals surface area contributed by atoms with E-state index in [1.165, 1.54) is 0 Å². The lowest BCUT2D eigenvalue weighted by Crippen LogP contribution is -2.16. The number of rotatable bonds is 6. The molecule has 1 aromatic rings. The summed E-state index contributed by atoms with van der Waals surface area (Å²) in [6, 6.07) is 5.84. The Kier molecular flexibility index (Phi) is 5.65. The van der Waals surface area contributed by atoms with Gasteiger partial charge in [-0.3, -0.25) is 0 Å². The average Bonchev–Trinajstić information content (AvgIpc) is 2.37. The summed E-state index contributed by atoms with van der Waals surface area (Å²) in [5.41, 5.74) is 2.47. The fraction of sp³-hybridized carbons (Fsp3) is 0.500. The fourth-order valence-electron chi connectivity index (χ4n) is 1.64. The van der Waals surface area contributed by atoms with Crippen LogP contribution in [0.25, 0.3) is 0 Å². The molecule has 1 aromatic carbocycles. The minimum Gasteiger partial charge on any atom is -0.490 e. The normalized spacial score (nSPS) is 13.4. The molecular weight excluding hydrogens is 230 g/mol. The van der Waals surface area contributed by atoms with Gasteiger partial charge in [0.15, 0.2) is 0 Å². The molecule has 0 heterocycles. The van der Waals surface area contributed by atoms with Crippen molar-refractivity contribution >= 4 is 5.71 Å².